The Kier molecular flexibility index (Phi) is 19.9. The Morgan fingerprint density at radius 1 is 0.471 bits per heavy atom. The summed E-state index contributed by atoms with van der Waals surface area (Å²) in [5.74, 6) is 0.0878. The van der Waals surface area contributed by atoms with Crippen molar-refractivity contribution in [3.8, 4) is 0 Å². The van der Waals surface area contributed by atoms with Gasteiger partial charge in [-0.25, -0.2) is 0 Å². The molecule has 5 N–H and O–H groups in total. The first-order chi connectivity index (χ1) is 16.4. The molecule has 0 spiro atoms. The molecule has 0 bridgehead atoms. The first-order valence-corrected chi connectivity index (χ1v) is 12.3. The van der Waals surface area contributed by atoms with Gasteiger partial charge in [0.25, 0.3) is 0 Å². The monoisotopic (exact) mass is 485 g/mol. The molecular formula is C23H47N7O4. The lowest BCUT2D eigenvalue weighted by Gasteiger charge is -2.28. The Morgan fingerprint density at radius 3 is 1.47 bits per heavy atom. The lowest BCUT2D eigenvalue weighted by molar-refractivity contribution is -0.121. The molecule has 0 unspecified atom stereocenters. The van der Waals surface area contributed by atoms with Crippen LogP contribution in [0.15, 0.2) is 0 Å². The minimum atomic E-state index is 0.00478. The summed E-state index contributed by atoms with van der Waals surface area (Å²) in [5.41, 5.74) is 0. The third kappa shape index (κ3) is 18.2. The van der Waals surface area contributed by atoms with Gasteiger partial charge in [-0.1, -0.05) is 6.42 Å². The van der Waals surface area contributed by atoms with Crippen molar-refractivity contribution in [3.05, 3.63) is 0 Å². The summed E-state index contributed by atoms with van der Waals surface area (Å²) >= 11 is 0. The van der Waals surface area contributed by atoms with Crippen molar-refractivity contribution in [2.24, 2.45) is 0 Å². The minimum absolute atomic E-state index is 0.00478. The van der Waals surface area contributed by atoms with Gasteiger partial charge in [-0.05, 0) is 19.4 Å². The standard InChI is InChI=1S/C23H47N7O4/c1-24-20(31)8-6-5-7-14-29(15-10-22(33)26-3)18-19-30(16-11-23(34)27-4)17-13-28-12-9-21(32)25-2/h28H,5-19H2,1-4H3,(H,24,31)(H,25,32)(H,26,33)(H,27,34). The van der Waals surface area contributed by atoms with Crippen LogP contribution in [0.1, 0.15) is 44.9 Å². The Morgan fingerprint density at radius 2 is 0.941 bits per heavy atom. The van der Waals surface area contributed by atoms with Crippen molar-refractivity contribution in [1.29, 1.82) is 0 Å². The van der Waals surface area contributed by atoms with E-state index >= 15 is 0 Å². The van der Waals surface area contributed by atoms with Gasteiger partial charge in [-0.3, -0.25) is 19.2 Å². The van der Waals surface area contributed by atoms with Gasteiger partial charge in [-0.15, -0.1) is 0 Å². The van der Waals surface area contributed by atoms with E-state index in [-0.39, 0.29) is 23.6 Å². The van der Waals surface area contributed by atoms with Crippen molar-refractivity contribution in [2.45, 2.75) is 44.9 Å². The first-order valence-electron chi connectivity index (χ1n) is 12.3. The highest BCUT2D eigenvalue weighted by Gasteiger charge is 2.12. The second kappa shape index (κ2) is 21.3. The number of amides is 4. The molecule has 198 valence electrons. The number of nitrogens with zero attached hydrogens (tertiary/aromatic N) is 2. The van der Waals surface area contributed by atoms with E-state index in [9.17, 15) is 19.2 Å². The Hall–Kier alpha value is -2.24. The van der Waals surface area contributed by atoms with Crippen LogP contribution in [0, 0.1) is 0 Å². The Labute approximate surface area is 205 Å². The van der Waals surface area contributed by atoms with Crippen molar-refractivity contribution in [1.82, 2.24) is 36.4 Å². The summed E-state index contributed by atoms with van der Waals surface area (Å²) in [6.07, 6.45) is 4.60. The van der Waals surface area contributed by atoms with Crippen molar-refractivity contribution in [3.63, 3.8) is 0 Å². The smallest absolute Gasteiger partial charge is 0.221 e. The fraction of sp³-hybridized carbons (Fsp3) is 0.826. The SMILES string of the molecule is CNC(=O)CCCCCN(CCC(=O)NC)CCN(CCNCCC(=O)NC)CCC(=O)NC. The Bertz CT molecular complexity index is 540. The lowest BCUT2D eigenvalue weighted by atomic mass is 10.1. The summed E-state index contributed by atoms with van der Waals surface area (Å²) in [6.45, 7) is 5.84. The third-order valence-electron chi connectivity index (χ3n) is 5.67. The van der Waals surface area contributed by atoms with Gasteiger partial charge in [0.05, 0.1) is 0 Å². The normalized spacial score (nSPS) is 10.9. The second-order valence-electron chi connectivity index (χ2n) is 8.19. The molecule has 0 atom stereocenters. The summed E-state index contributed by atoms with van der Waals surface area (Å²) in [6, 6.07) is 0. The molecule has 4 amide bonds. The van der Waals surface area contributed by atoms with Crippen LogP contribution in [0.5, 0.6) is 0 Å². The van der Waals surface area contributed by atoms with E-state index in [4.69, 9.17) is 0 Å². The molecule has 0 saturated heterocycles. The van der Waals surface area contributed by atoms with Gasteiger partial charge < -0.3 is 36.4 Å². The molecule has 0 heterocycles. The van der Waals surface area contributed by atoms with E-state index in [1.165, 1.54) is 0 Å². The summed E-state index contributed by atoms with van der Waals surface area (Å²) in [7, 11) is 6.55. The maximum atomic E-state index is 11.7. The lowest BCUT2D eigenvalue weighted by Crippen LogP contribution is -2.41. The molecule has 0 saturated carbocycles. The van der Waals surface area contributed by atoms with E-state index in [0.717, 1.165) is 52.0 Å². The number of hydrogen-bond acceptors (Lipinski definition) is 7. The molecule has 11 nitrogen and oxygen atoms in total. The summed E-state index contributed by atoms with van der Waals surface area (Å²) < 4.78 is 0. The van der Waals surface area contributed by atoms with Crippen LogP contribution in [0.3, 0.4) is 0 Å². The van der Waals surface area contributed by atoms with E-state index < -0.39 is 0 Å². The number of carbonyl (C=O) groups is 4. The number of unbranched alkanes of at least 4 members (excludes halogenated alkanes) is 2. The molecule has 11 heteroatoms. The van der Waals surface area contributed by atoms with Crippen LogP contribution in [-0.4, -0.2) is 114 Å². The van der Waals surface area contributed by atoms with Gasteiger partial charge >= 0.3 is 0 Å². The molecule has 34 heavy (non-hydrogen) atoms. The van der Waals surface area contributed by atoms with Gasteiger partial charge in [0, 0.05) is 99.7 Å². The highest BCUT2D eigenvalue weighted by atomic mass is 16.2. The van der Waals surface area contributed by atoms with Crippen molar-refractivity contribution < 1.29 is 19.2 Å². The van der Waals surface area contributed by atoms with Gasteiger partial charge in [0.1, 0.15) is 0 Å². The molecule has 0 aromatic heterocycles. The van der Waals surface area contributed by atoms with E-state index in [2.05, 4.69) is 36.4 Å². The van der Waals surface area contributed by atoms with Crippen molar-refractivity contribution >= 4 is 23.6 Å². The van der Waals surface area contributed by atoms with Crippen LogP contribution in [0.4, 0.5) is 0 Å². The van der Waals surface area contributed by atoms with Gasteiger partial charge in [0.2, 0.25) is 23.6 Å². The topological polar surface area (TPSA) is 135 Å². The maximum Gasteiger partial charge on any atom is 0.221 e. The number of rotatable bonds is 21. The Balaban J connectivity index is 4.66. The summed E-state index contributed by atoms with van der Waals surface area (Å²) in [5, 5.41) is 13.9. The molecule has 0 fully saturated rings. The van der Waals surface area contributed by atoms with Crippen LogP contribution in [-0.2, 0) is 19.2 Å². The minimum Gasteiger partial charge on any atom is -0.359 e. The zero-order chi connectivity index (χ0) is 25.6. The zero-order valence-corrected chi connectivity index (χ0v) is 21.6. The predicted octanol–water partition coefficient (Wildman–Crippen LogP) is -1.11. The molecule has 0 aliphatic heterocycles. The molecule has 0 radical (unpaired) electrons. The molecule has 0 aliphatic carbocycles. The molecule has 0 aliphatic rings. The molecular weight excluding hydrogens is 438 g/mol. The number of carbonyl (C=O) groups excluding carboxylic acids is 4. The quantitative estimate of drug-likeness (QED) is 0.130. The van der Waals surface area contributed by atoms with Crippen LogP contribution >= 0.6 is 0 Å². The highest BCUT2D eigenvalue weighted by Crippen LogP contribution is 2.04. The van der Waals surface area contributed by atoms with E-state index in [0.29, 0.717) is 45.3 Å². The summed E-state index contributed by atoms with van der Waals surface area (Å²) in [4.78, 5) is 50.7. The maximum absolute atomic E-state index is 11.7. The average molecular weight is 486 g/mol. The molecule has 0 aromatic rings. The second-order valence-corrected chi connectivity index (χ2v) is 8.19. The fourth-order valence-electron chi connectivity index (χ4n) is 3.33. The molecule has 0 aromatic carbocycles. The molecule has 0 rings (SSSR count). The average Bonchev–Trinajstić information content (AvgIpc) is 2.85. The largest absolute Gasteiger partial charge is 0.359 e. The number of nitrogens with one attached hydrogen (secondary N) is 5. The van der Waals surface area contributed by atoms with Gasteiger partial charge in [0.15, 0.2) is 0 Å². The van der Waals surface area contributed by atoms with Gasteiger partial charge in [-0.2, -0.15) is 0 Å². The van der Waals surface area contributed by atoms with E-state index in [1.54, 1.807) is 28.2 Å². The third-order valence-corrected chi connectivity index (χ3v) is 5.67. The van der Waals surface area contributed by atoms with Crippen LogP contribution in [0.25, 0.3) is 0 Å². The van der Waals surface area contributed by atoms with Crippen LogP contribution in [0.2, 0.25) is 0 Å². The zero-order valence-electron chi connectivity index (χ0n) is 21.6. The van der Waals surface area contributed by atoms with E-state index in [1.807, 2.05) is 0 Å². The predicted molar refractivity (Wildman–Crippen MR) is 134 cm³/mol. The van der Waals surface area contributed by atoms with Crippen molar-refractivity contribution in [2.75, 3.05) is 80.5 Å². The highest BCUT2D eigenvalue weighted by molar-refractivity contribution is 5.76. The number of hydrogen-bond donors (Lipinski definition) is 5. The first kappa shape index (κ1) is 31.8. The van der Waals surface area contributed by atoms with Crippen LogP contribution < -0.4 is 26.6 Å². The fourth-order valence-corrected chi connectivity index (χ4v) is 3.33.